The van der Waals surface area contributed by atoms with Crippen molar-refractivity contribution < 1.29 is 13.2 Å². The Bertz CT molecular complexity index is 1110. The molecule has 0 fully saturated rings. The summed E-state index contributed by atoms with van der Waals surface area (Å²) in [5, 5.41) is 0.462. The van der Waals surface area contributed by atoms with Crippen molar-refractivity contribution in [2.24, 2.45) is 4.99 Å². The molecule has 0 aliphatic carbocycles. The lowest BCUT2D eigenvalue weighted by molar-refractivity contribution is -0.117. The maximum atomic E-state index is 12.3. The number of rotatable bonds is 5. The van der Waals surface area contributed by atoms with E-state index in [0.717, 1.165) is 10.2 Å². The lowest BCUT2D eigenvalue weighted by Gasteiger charge is -2.03. The molecule has 5 nitrogen and oxygen atoms in total. The molecule has 136 valence electrons. The van der Waals surface area contributed by atoms with Gasteiger partial charge in [0.15, 0.2) is 14.6 Å². The Morgan fingerprint density at radius 1 is 1.15 bits per heavy atom. The monoisotopic (exact) mass is 408 g/mol. The molecule has 0 atom stereocenters. The van der Waals surface area contributed by atoms with Gasteiger partial charge in [0.1, 0.15) is 0 Å². The fourth-order valence-corrected chi connectivity index (χ4v) is 5.02. The predicted octanol–water partition coefficient (Wildman–Crippen LogP) is 3.67. The Morgan fingerprint density at radius 2 is 1.85 bits per heavy atom. The van der Waals surface area contributed by atoms with Gasteiger partial charge in [0.2, 0.25) is 5.91 Å². The number of carbonyl (C=O) groups excluding carboxylic acids is 1. The molecule has 8 heteroatoms. The van der Waals surface area contributed by atoms with E-state index >= 15 is 0 Å². The number of hydrogen-bond donors (Lipinski definition) is 0. The standard InChI is InChI=1S/C18H17ClN2O3S2/c1-2-21-15-5-3-4-6-16(15)25-18(21)20-17(22)11-12-26(23,24)14-9-7-13(19)8-10-14/h3-10H,2,11-12H2,1H3. The fourth-order valence-electron chi connectivity index (χ4n) is 2.56. The molecule has 0 saturated heterocycles. The molecule has 0 radical (unpaired) electrons. The average Bonchev–Trinajstić information content (AvgIpc) is 2.97. The summed E-state index contributed by atoms with van der Waals surface area (Å²) in [6, 6.07) is 13.7. The minimum atomic E-state index is -3.55. The van der Waals surface area contributed by atoms with Crippen LogP contribution in [-0.4, -0.2) is 24.6 Å². The Balaban J connectivity index is 1.81. The number of carbonyl (C=O) groups is 1. The number of aromatic nitrogens is 1. The highest BCUT2D eigenvalue weighted by Crippen LogP contribution is 2.17. The van der Waals surface area contributed by atoms with Crippen LogP contribution in [0.5, 0.6) is 0 Å². The van der Waals surface area contributed by atoms with Crippen molar-refractivity contribution in [2.45, 2.75) is 24.8 Å². The van der Waals surface area contributed by atoms with Crippen molar-refractivity contribution in [3.8, 4) is 0 Å². The lowest BCUT2D eigenvalue weighted by atomic mass is 10.3. The third-order valence-electron chi connectivity index (χ3n) is 3.88. The largest absolute Gasteiger partial charge is 0.317 e. The van der Waals surface area contributed by atoms with Gasteiger partial charge in [-0.25, -0.2) is 8.42 Å². The fraction of sp³-hybridized carbons (Fsp3) is 0.222. The zero-order valence-corrected chi connectivity index (χ0v) is 16.4. The second kappa shape index (κ2) is 7.73. The molecule has 0 bridgehead atoms. The molecule has 26 heavy (non-hydrogen) atoms. The van der Waals surface area contributed by atoms with Gasteiger partial charge >= 0.3 is 0 Å². The first-order valence-electron chi connectivity index (χ1n) is 8.05. The van der Waals surface area contributed by atoms with Crippen LogP contribution in [0.2, 0.25) is 5.02 Å². The summed E-state index contributed by atoms with van der Waals surface area (Å²) in [5.74, 6) is -0.732. The van der Waals surface area contributed by atoms with Gasteiger partial charge < -0.3 is 4.57 Å². The lowest BCUT2D eigenvalue weighted by Crippen LogP contribution is -2.17. The number of amides is 1. The Kier molecular flexibility index (Phi) is 5.60. The van der Waals surface area contributed by atoms with Crippen molar-refractivity contribution in [3.63, 3.8) is 0 Å². The van der Waals surface area contributed by atoms with Gasteiger partial charge in [0.05, 0.1) is 20.9 Å². The Hall–Kier alpha value is -1.96. The first kappa shape index (κ1) is 18.8. The SMILES string of the molecule is CCn1c(=NC(=O)CCS(=O)(=O)c2ccc(Cl)cc2)sc2ccccc21. The van der Waals surface area contributed by atoms with E-state index in [1.807, 2.05) is 35.8 Å². The maximum Gasteiger partial charge on any atom is 0.249 e. The number of fused-ring (bicyclic) bond motifs is 1. The van der Waals surface area contributed by atoms with E-state index in [2.05, 4.69) is 4.99 Å². The van der Waals surface area contributed by atoms with E-state index < -0.39 is 15.7 Å². The number of sulfone groups is 1. The van der Waals surface area contributed by atoms with Crippen LogP contribution in [0, 0.1) is 0 Å². The second-order valence-electron chi connectivity index (χ2n) is 5.62. The molecule has 1 aromatic heterocycles. The molecule has 0 unspecified atom stereocenters. The summed E-state index contributed by atoms with van der Waals surface area (Å²) < 4.78 is 27.6. The van der Waals surface area contributed by atoms with Gasteiger partial charge in [-0.2, -0.15) is 4.99 Å². The van der Waals surface area contributed by atoms with Crippen molar-refractivity contribution in [1.82, 2.24) is 4.57 Å². The molecule has 0 saturated carbocycles. The van der Waals surface area contributed by atoms with E-state index in [1.165, 1.54) is 35.6 Å². The molecule has 2 aromatic carbocycles. The highest BCUT2D eigenvalue weighted by Gasteiger charge is 2.16. The second-order valence-corrected chi connectivity index (χ2v) is 9.18. The first-order valence-corrected chi connectivity index (χ1v) is 10.9. The number of thiazole rings is 1. The van der Waals surface area contributed by atoms with Crippen LogP contribution in [-0.2, 0) is 21.2 Å². The number of aryl methyl sites for hydroxylation is 1. The molecule has 0 aliphatic rings. The quantitative estimate of drug-likeness (QED) is 0.646. The Morgan fingerprint density at radius 3 is 2.54 bits per heavy atom. The first-order chi connectivity index (χ1) is 12.4. The van der Waals surface area contributed by atoms with E-state index in [-0.39, 0.29) is 17.1 Å². The van der Waals surface area contributed by atoms with E-state index in [1.54, 1.807) is 0 Å². The summed E-state index contributed by atoms with van der Waals surface area (Å²) in [6.07, 6.45) is -0.164. The Labute approximate surface area is 160 Å². The van der Waals surface area contributed by atoms with Crippen LogP contribution in [0.25, 0.3) is 10.2 Å². The number of halogens is 1. The van der Waals surface area contributed by atoms with Crippen LogP contribution >= 0.6 is 22.9 Å². The molecule has 1 amide bonds. The zero-order chi connectivity index (χ0) is 18.7. The van der Waals surface area contributed by atoms with E-state index in [0.29, 0.717) is 16.4 Å². The summed E-state index contributed by atoms with van der Waals surface area (Å²) in [5.41, 5.74) is 1.01. The molecule has 0 N–H and O–H groups in total. The topological polar surface area (TPSA) is 68.5 Å². The van der Waals surface area contributed by atoms with Gasteiger partial charge in [-0.15, -0.1) is 0 Å². The van der Waals surface area contributed by atoms with Crippen LogP contribution in [0.3, 0.4) is 0 Å². The smallest absolute Gasteiger partial charge is 0.249 e. The van der Waals surface area contributed by atoms with Gasteiger partial charge in [0.25, 0.3) is 0 Å². The summed E-state index contributed by atoms with van der Waals surface area (Å²) >= 11 is 7.20. The summed E-state index contributed by atoms with van der Waals surface area (Å²) in [6.45, 7) is 2.66. The highest BCUT2D eigenvalue weighted by molar-refractivity contribution is 7.91. The maximum absolute atomic E-state index is 12.3. The average molecular weight is 409 g/mol. The van der Waals surface area contributed by atoms with Crippen LogP contribution in [0.15, 0.2) is 58.4 Å². The molecule has 1 heterocycles. The number of para-hydroxylation sites is 1. The molecule has 0 aliphatic heterocycles. The van der Waals surface area contributed by atoms with Gasteiger partial charge in [0, 0.05) is 18.0 Å². The molecule has 0 spiro atoms. The van der Waals surface area contributed by atoms with E-state index in [4.69, 9.17) is 11.6 Å². The predicted molar refractivity (Wildman–Crippen MR) is 104 cm³/mol. The molecular formula is C18H17ClN2O3S2. The molecule has 3 rings (SSSR count). The number of benzene rings is 2. The van der Waals surface area contributed by atoms with Crippen molar-refractivity contribution in [1.29, 1.82) is 0 Å². The zero-order valence-electron chi connectivity index (χ0n) is 14.1. The van der Waals surface area contributed by atoms with Crippen molar-refractivity contribution >= 4 is 48.9 Å². The van der Waals surface area contributed by atoms with Crippen LogP contribution < -0.4 is 4.80 Å². The van der Waals surface area contributed by atoms with Gasteiger partial charge in [-0.05, 0) is 43.3 Å². The minimum Gasteiger partial charge on any atom is -0.317 e. The van der Waals surface area contributed by atoms with Crippen molar-refractivity contribution in [2.75, 3.05) is 5.75 Å². The highest BCUT2D eigenvalue weighted by atomic mass is 35.5. The van der Waals surface area contributed by atoms with Crippen molar-refractivity contribution in [3.05, 3.63) is 58.4 Å². The third-order valence-corrected chi connectivity index (χ3v) is 6.93. The molecular weight excluding hydrogens is 392 g/mol. The summed E-state index contributed by atoms with van der Waals surface area (Å²) in [4.78, 5) is 17.1. The molecule has 3 aromatic rings. The van der Waals surface area contributed by atoms with Gasteiger partial charge in [-0.1, -0.05) is 35.1 Å². The summed E-state index contributed by atoms with van der Waals surface area (Å²) in [7, 11) is -3.55. The normalized spacial score (nSPS) is 12.6. The third kappa shape index (κ3) is 4.06. The number of nitrogens with zero attached hydrogens (tertiary/aromatic N) is 2. The minimum absolute atomic E-state index is 0.153. The van der Waals surface area contributed by atoms with Gasteiger partial charge in [-0.3, -0.25) is 4.79 Å². The van der Waals surface area contributed by atoms with Crippen LogP contribution in [0.4, 0.5) is 0 Å². The number of hydrogen-bond acceptors (Lipinski definition) is 4. The van der Waals surface area contributed by atoms with E-state index in [9.17, 15) is 13.2 Å². The van der Waals surface area contributed by atoms with Crippen LogP contribution in [0.1, 0.15) is 13.3 Å².